The van der Waals surface area contributed by atoms with Crippen LogP contribution in [0.1, 0.15) is 38.2 Å². The SMILES string of the molecule is CCCCCC(=O)N/N=C\c1ccc([N+](=O)[O-])cc1. The number of benzene rings is 1. The second-order valence-corrected chi connectivity index (χ2v) is 4.10. The van der Waals surface area contributed by atoms with Crippen molar-refractivity contribution in [2.45, 2.75) is 32.6 Å². The predicted molar refractivity (Wildman–Crippen MR) is 73.0 cm³/mol. The first-order chi connectivity index (χ1) is 9.13. The molecule has 6 heteroatoms. The number of hydrogen-bond donors (Lipinski definition) is 1. The van der Waals surface area contributed by atoms with Crippen LogP contribution >= 0.6 is 0 Å². The molecule has 1 amide bonds. The lowest BCUT2D eigenvalue weighted by atomic mass is 10.2. The molecule has 0 aliphatic rings. The summed E-state index contributed by atoms with van der Waals surface area (Å²) < 4.78 is 0. The largest absolute Gasteiger partial charge is 0.273 e. The molecule has 0 aliphatic carbocycles. The van der Waals surface area contributed by atoms with Crippen molar-refractivity contribution in [1.29, 1.82) is 0 Å². The van der Waals surface area contributed by atoms with Crippen LogP contribution in [0.2, 0.25) is 0 Å². The summed E-state index contributed by atoms with van der Waals surface area (Å²) in [6, 6.07) is 5.94. The van der Waals surface area contributed by atoms with Gasteiger partial charge >= 0.3 is 0 Å². The zero-order valence-corrected chi connectivity index (χ0v) is 10.8. The molecular formula is C13H17N3O3. The molecule has 102 valence electrons. The number of amides is 1. The lowest BCUT2D eigenvalue weighted by Crippen LogP contribution is -2.16. The summed E-state index contributed by atoms with van der Waals surface area (Å²) in [6.07, 6.45) is 4.88. The molecular weight excluding hydrogens is 246 g/mol. The molecule has 0 unspecified atom stereocenters. The third kappa shape index (κ3) is 5.76. The first-order valence-corrected chi connectivity index (χ1v) is 6.20. The fraction of sp³-hybridized carbons (Fsp3) is 0.385. The Labute approximate surface area is 111 Å². The van der Waals surface area contributed by atoms with Gasteiger partial charge in [0.25, 0.3) is 5.69 Å². The van der Waals surface area contributed by atoms with Crippen molar-refractivity contribution < 1.29 is 9.72 Å². The molecule has 19 heavy (non-hydrogen) atoms. The Kier molecular flexibility index (Phi) is 6.21. The number of nitrogens with zero attached hydrogens (tertiary/aromatic N) is 2. The minimum atomic E-state index is -0.462. The number of nitro benzene ring substituents is 1. The van der Waals surface area contributed by atoms with Crippen LogP contribution in [0.3, 0.4) is 0 Å². The van der Waals surface area contributed by atoms with Crippen LogP contribution in [0.15, 0.2) is 29.4 Å². The van der Waals surface area contributed by atoms with Crippen LogP contribution < -0.4 is 5.43 Å². The second-order valence-electron chi connectivity index (χ2n) is 4.10. The summed E-state index contributed by atoms with van der Waals surface area (Å²) in [5.41, 5.74) is 3.15. The minimum Gasteiger partial charge on any atom is -0.273 e. The summed E-state index contributed by atoms with van der Waals surface area (Å²) in [4.78, 5) is 21.3. The molecule has 0 aromatic heterocycles. The maximum absolute atomic E-state index is 11.3. The van der Waals surface area contributed by atoms with Gasteiger partial charge in [0.2, 0.25) is 5.91 Å². The smallest absolute Gasteiger partial charge is 0.269 e. The van der Waals surface area contributed by atoms with Gasteiger partial charge in [-0.25, -0.2) is 5.43 Å². The van der Waals surface area contributed by atoms with Gasteiger partial charge in [0, 0.05) is 18.6 Å². The third-order valence-electron chi connectivity index (χ3n) is 2.51. The van der Waals surface area contributed by atoms with Crippen LogP contribution in [-0.4, -0.2) is 17.0 Å². The van der Waals surface area contributed by atoms with E-state index >= 15 is 0 Å². The number of hydrazone groups is 1. The van der Waals surface area contributed by atoms with E-state index in [0.717, 1.165) is 19.3 Å². The fourth-order valence-electron chi connectivity index (χ4n) is 1.45. The highest BCUT2D eigenvalue weighted by molar-refractivity contribution is 5.82. The Morgan fingerprint density at radius 1 is 1.37 bits per heavy atom. The Morgan fingerprint density at radius 2 is 2.05 bits per heavy atom. The van der Waals surface area contributed by atoms with E-state index in [2.05, 4.69) is 17.5 Å². The van der Waals surface area contributed by atoms with Gasteiger partial charge in [-0.15, -0.1) is 0 Å². The molecule has 6 nitrogen and oxygen atoms in total. The average Bonchev–Trinajstić information content (AvgIpc) is 2.39. The van der Waals surface area contributed by atoms with E-state index < -0.39 is 4.92 Å². The quantitative estimate of drug-likeness (QED) is 0.355. The van der Waals surface area contributed by atoms with Crippen LogP contribution in [0.25, 0.3) is 0 Å². The van der Waals surface area contributed by atoms with E-state index in [1.165, 1.54) is 18.3 Å². The van der Waals surface area contributed by atoms with Gasteiger partial charge < -0.3 is 0 Å². The van der Waals surface area contributed by atoms with E-state index in [4.69, 9.17) is 0 Å². The third-order valence-corrected chi connectivity index (χ3v) is 2.51. The summed E-state index contributed by atoms with van der Waals surface area (Å²) in [7, 11) is 0. The Bertz CT molecular complexity index is 455. The van der Waals surface area contributed by atoms with E-state index in [9.17, 15) is 14.9 Å². The molecule has 0 bridgehead atoms. The summed E-state index contributed by atoms with van der Waals surface area (Å²) >= 11 is 0. The van der Waals surface area contributed by atoms with Crippen LogP contribution in [0, 0.1) is 10.1 Å². The monoisotopic (exact) mass is 263 g/mol. The summed E-state index contributed by atoms with van der Waals surface area (Å²) in [5.74, 6) is -0.119. The van der Waals surface area contributed by atoms with E-state index in [0.29, 0.717) is 12.0 Å². The molecule has 0 spiro atoms. The van der Waals surface area contributed by atoms with Gasteiger partial charge in [-0.1, -0.05) is 19.8 Å². The van der Waals surface area contributed by atoms with Crippen molar-refractivity contribution in [3.63, 3.8) is 0 Å². The second kappa shape index (κ2) is 7.97. The zero-order chi connectivity index (χ0) is 14.1. The van der Waals surface area contributed by atoms with Gasteiger partial charge in [0.1, 0.15) is 0 Å². The molecule has 0 aliphatic heterocycles. The number of carbonyl (C=O) groups excluding carboxylic acids is 1. The molecule has 0 saturated carbocycles. The van der Waals surface area contributed by atoms with Crippen molar-refractivity contribution >= 4 is 17.8 Å². The first kappa shape index (κ1) is 14.8. The Balaban J connectivity index is 2.40. The maximum atomic E-state index is 11.3. The maximum Gasteiger partial charge on any atom is 0.269 e. The molecule has 1 aromatic rings. The van der Waals surface area contributed by atoms with Crippen LogP contribution in [-0.2, 0) is 4.79 Å². The van der Waals surface area contributed by atoms with Gasteiger partial charge in [-0.2, -0.15) is 5.10 Å². The average molecular weight is 263 g/mol. The highest BCUT2D eigenvalue weighted by atomic mass is 16.6. The Hall–Kier alpha value is -2.24. The number of hydrogen-bond acceptors (Lipinski definition) is 4. The van der Waals surface area contributed by atoms with E-state index in [1.807, 2.05) is 0 Å². The molecule has 1 rings (SSSR count). The predicted octanol–water partition coefficient (Wildman–Crippen LogP) is 2.63. The van der Waals surface area contributed by atoms with Crippen molar-refractivity contribution in [3.05, 3.63) is 39.9 Å². The number of nitrogens with one attached hydrogen (secondary N) is 1. The number of nitro groups is 1. The van der Waals surface area contributed by atoms with Crippen molar-refractivity contribution in [2.24, 2.45) is 5.10 Å². The Morgan fingerprint density at radius 3 is 2.63 bits per heavy atom. The van der Waals surface area contributed by atoms with Gasteiger partial charge in [0.05, 0.1) is 11.1 Å². The summed E-state index contributed by atoms with van der Waals surface area (Å²) in [6.45, 7) is 2.07. The number of carbonyl (C=O) groups is 1. The lowest BCUT2D eigenvalue weighted by Gasteiger charge is -1.98. The van der Waals surface area contributed by atoms with Crippen LogP contribution in [0.4, 0.5) is 5.69 Å². The first-order valence-electron chi connectivity index (χ1n) is 6.20. The topological polar surface area (TPSA) is 84.6 Å². The number of unbranched alkanes of at least 4 members (excludes halogenated alkanes) is 2. The number of rotatable bonds is 7. The van der Waals surface area contributed by atoms with Gasteiger partial charge in [0.15, 0.2) is 0 Å². The minimum absolute atomic E-state index is 0.0285. The molecule has 0 radical (unpaired) electrons. The van der Waals surface area contributed by atoms with Crippen molar-refractivity contribution in [2.75, 3.05) is 0 Å². The van der Waals surface area contributed by atoms with Crippen molar-refractivity contribution in [3.8, 4) is 0 Å². The molecule has 0 fully saturated rings. The fourth-order valence-corrected chi connectivity index (χ4v) is 1.45. The molecule has 0 heterocycles. The normalized spacial score (nSPS) is 10.6. The highest BCUT2D eigenvalue weighted by Crippen LogP contribution is 2.10. The lowest BCUT2D eigenvalue weighted by molar-refractivity contribution is -0.384. The molecule has 0 atom stereocenters. The molecule has 1 aromatic carbocycles. The number of non-ortho nitro benzene ring substituents is 1. The van der Waals surface area contributed by atoms with Gasteiger partial charge in [-0.05, 0) is 24.1 Å². The summed E-state index contributed by atoms with van der Waals surface area (Å²) in [5, 5.41) is 14.3. The van der Waals surface area contributed by atoms with Gasteiger partial charge in [-0.3, -0.25) is 14.9 Å². The van der Waals surface area contributed by atoms with E-state index in [-0.39, 0.29) is 11.6 Å². The van der Waals surface area contributed by atoms with E-state index in [1.54, 1.807) is 12.1 Å². The molecule has 0 saturated heterocycles. The zero-order valence-electron chi connectivity index (χ0n) is 10.8. The standard InChI is InChI=1S/C13H17N3O3/c1-2-3-4-5-13(17)15-14-10-11-6-8-12(9-7-11)16(18)19/h6-10H,2-5H2,1H3,(H,15,17)/b14-10-. The molecule has 1 N–H and O–H groups in total. The highest BCUT2D eigenvalue weighted by Gasteiger charge is 2.02. The van der Waals surface area contributed by atoms with Crippen LogP contribution in [0.5, 0.6) is 0 Å². The van der Waals surface area contributed by atoms with Crippen molar-refractivity contribution in [1.82, 2.24) is 5.43 Å².